The van der Waals surface area contributed by atoms with E-state index in [1.165, 1.54) is 22.3 Å². The summed E-state index contributed by atoms with van der Waals surface area (Å²) in [5.74, 6) is 0. The third-order valence-electron chi connectivity index (χ3n) is 3.73. The third-order valence-corrected chi connectivity index (χ3v) is 3.73. The molecule has 100 valence electrons. The normalized spacial score (nSPS) is 12.4. The highest BCUT2D eigenvalue weighted by Gasteiger charge is 2.10. The molecule has 19 heavy (non-hydrogen) atoms. The van der Waals surface area contributed by atoms with Gasteiger partial charge in [-0.25, -0.2) is 0 Å². The standard InChI is InChI=1S/C17H22N2/c1-13-6-8-16(11-14(13)2)17(18-3)9-7-15-5-4-10-19-12-15/h4-6,8,10-12,17-18H,7,9H2,1-3H3. The molecule has 2 aromatic rings. The van der Waals surface area contributed by atoms with Crippen molar-refractivity contribution in [2.75, 3.05) is 7.05 Å². The molecule has 2 heteroatoms. The molecule has 1 aromatic heterocycles. The molecule has 1 heterocycles. The van der Waals surface area contributed by atoms with Gasteiger partial charge in [0.2, 0.25) is 0 Å². The molecule has 0 aliphatic heterocycles. The Morgan fingerprint density at radius 3 is 2.63 bits per heavy atom. The lowest BCUT2D eigenvalue weighted by molar-refractivity contribution is 0.548. The summed E-state index contributed by atoms with van der Waals surface area (Å²) in [6.07, 6.45) is 5.91. The monoisotopic (exact) mass is 254 g/mol. The topological polar surface area (TPSA) is 24.9 Å². The average molecular weight is 254 g/mol. The van der Waals surface area contributed by atoms with Gasteiger partial charge in [0.15, 0.2) is 0 Å². The fourth-order valence-electron chi connectivity index (χ4n) is 2.32. The molecule has 0 aliphatic rings. The van der Waals surface area contributed by atoms with E-state index in [9.17, 15) is 0 Å². The molecule has 0 radical (unpaired) electrons. The van der Waals surface area contributed by atoms with Gasteiger partial charge in [0.05, 0.1) is 0 Å². The van der Waals surface area contributed by atoms with E-state index in [0.29, 0.717) is 6.04 Å². The van der Waals surface area contributed by atoms with Crippen molar-refractivity contribution in [1.82, 2.24) is 10.3 Å². The SMILES string of the molecule is CNC(CCc1cccnc1)c1ccc(C)c(C)c1. The number of aromatic nitrogens is 1. The smallest absolute Gasteiger partial charge is 0.0320 e. The number of hydrogen-bond acceptors (Lipinski definition) is 2. The number of benzene rings is 1. The predicted molar refractivity (Wildman–Crippen MR) is 80.3 cm³/mol. The van der Waals surface area contributed by atoms with Crippen LogP contribution in [0, 0.1) is 13.8 Å². The largest absolute Gasteiger partial charge is 0.313 e. The van der Waals surface area contributed by atoms with Crippen molar-refractivity contribution < 1.29 is 0 Å². The first-order valence-electron chi connectivity index (χ1n) is 6.84. The van der Waals surface area contributed by atoms with Gasteiger partial charge in [0.25, 0.3) is 0 Å². The lowest BCUT2D eigenvalue weighted by Gasteiger charge is -2.18. The maximum Gasteiger partial charge on any atom is 0.0320 e. The van der Waals surface area contributed by atoms with E-state index in [4.69, 9.17) is 0 Å². The van der Waals surface area contributed by atoms with Crippen LogP contribution >= 0.6 is 0 Å². The summed E-state index contributed by atoms with van der Waals surface area (Å²) in [6.45, 7) is 4.33. The minimum absolute atomic E-state index is 0.402. The second-order valence-electron chi connectivity index (χ2n) is 5.08. The van der Waals surface area contributed by atoms with Crippen molar-refractivity contribution in [3.63, 3.8) is 0 Å². The molecular weight excluding hydrogens is 232 g/mol. The summed E-state index contributed by atoms with van der Waals surface area (Å²) in [5.41, 5.74) is 5.38. The molecule has 0 bridgehead atoms. The van der Waals surface area contributed by atoms with Gasteiger partial charge in [-0.15, -0.1) is 0 Å². The van der Waals surface area contributed by atoms with E-state index in [2.05, 4.69) is 48.4 Å². The van der Waals surface area contributed by atoms with Gasteiger partial charge in [-0.2, -0.15) is 0 Å². The maximum absolute atomic E-state index is 4.17. The van der Waals surface area contributed by atoms with E-state index >= 15 is 0 Å². The zero-order chi connectivity index (χ0) is 13.7. The van der Waals surface area contributed by atoms with Crippen LogP contribution in [0.3, 0.4) is 0 Å². The van der Waals surface area contributed by atoms with Crippen molar-refractivity contribution in [2.45, 2.75) is 32.7 Å². The van der Waals surface area contributed by atoms with Crippen LogP contribution in [0.5, 0.6) is 0 Å². The fraction of sp³-hybridized carbons (Fsp3) is 0.353. The molecule has 2 rings (SSSR count). The van der Waals surface area contributed by atoms with Crippen LogP contribution < -0.4 is 5.32 Å². The molecule has 0 amide bonds. The van der Waals surface area contributed by atoms with Crippen LogP contribution in [-0.4, -0.2) is 12.0 Å². The molecule has 1 unspecified atom stereocenters. The van der Waals surface area contributed by atoms with Crippen molar-refractivity contribution in [2.24, 2.45) is 0 Å². The Bertz CT molecular complexity index is 520. The molecule has 1 N–H and O–H groups in total. The highest BCUT2D eigenvalue weighted by Crippen LogP contribution is 2.21. The predicted octanol–water partition coefficient (Wildman–Crippen LogP) is 3.59. The Kier molecular flexibility index (Phi) is 4.69. The molecule has 0 saturated carbocycles. The summed E-state index contributed by atoms with van der Waals surface area (Å²) >= 11 is 0. The van der Waals surface area contributed by atoms with Gasteiger partial charge in [-0.3, -0.25) is 4.98 Å². The first-order valence-corrected chi connectivity index (χ1v) is 6.84. The van der Waals surface area contributed by atoms with Gasteiger partial charge >= 0.3 is 0 Å². The molecule has 1 aromatic carbocycles. The van der Waals surface area contributed by atoms with Gasteiger partial charge in [0.1, 0.15) is 0 Å². The Morgan fingerprint density at radius 2 is 2.00 bits per heavy atom. The number of nitrogens with zero attached hydrogens (tertiary/aromatic N) is 1. The minimum atomic E-state index is 0.402. The summed E-state index contributed by atoms with van der Waals surface area (Å²) in [5, 5.41) is 3.41. The lowest BCUT2D eigenvalue weighted by atomic mass is 9.96. The first-order chi connectivity index (χ1) is 9.20. The maximum atomic E-state index is 4.17. The summed E-state index contributed by atoms with van der Waals surface area (Å²) in [7, 11) is 2.03. The lowest BCUT2D eigenvalue weighted by Crippen LogP contribution is -2.17. The molecule has 2 nitrogen and oxygen atoms in total. The summed E-state index contributed by atoms with van der Waals surface area (Å²) in [6, 6.07) is 11.3. The van der Waals surface area contributed by atoms with Gasteiger partial charge in [-0.05, 0) is 62.1 Å². The number of aryl methyl sites for hydroxylation is 3. The number of nitrogens with one attached hydrogen (secondary N) is 1. The van der Waals surface area contributed by atoms with E-state index in [-0.39, 0.29) is 0 Å². The van der Waals surface area contributed by atoms with Gasteiger partial charge < -0.3 is 5.32 Å². The number of hydrogen-bond donors (Lipinski definition) is 1. The Morgan fingerprint density at radius 1 is 1.16 bits per heavy atom. The highest BCUT2D eigenvalue weighted by atomic mass is 14.9. The van der Waals surface area contributed by atoms with E-state index in [1.54, 1.807) is 0 Å². The molecule has 1 atom stereocenters. The van der Waals surface area contributed by atoms with E-state index in [1.807, 2.05) is 25.5 Å². The van der Waals surface area contributed by atoms with Crippen LogP contribution in [0.2, 0.25) is 0 Å². The Labute approximate surface area is 115 Å². The van der Waals surface area contributed by atoms with Crippen molar-refractivity contribution in [3.05, 3.63) is 65.0 Å². The third kappa shape index (κ3) is 3.65. The van der Waals surface area contributed by atoms with Crippen molar-refractivity contribution in [1.29, 1.82) is 0 Å². The minimum Gasteiger partial charge on any atom is -0.313 e. The zero-order valence-electron chi connectivity index (χ0n) is 12.0. The van der Waals surface area contributed by atoms with Crippen LogP contribution in [-0.2, 0) is 6.42 Å². The second-order valence-corrected chi connectivity index (χ2v) is 5.08. The number of pyridine rings is 1. The van der Waals surface area contributed by atoms with E-state index < -0.39 is 0 Å². The van der Waals surface area contributed by atoms with Crippen LogP contribution in [0.4, 0.5) is 0 Å². The van der Waals surface area contributed by atoms with Crippen LogP contribution in [0.1, 0.15) is 34.7 Å². The number of rotatable bonds is 5. The molecule has 0 spiro atoms. The highest BCUT2D eigenvalue weighted by molar-refractivity contribution is 5.31. The van der Waals surface area contributed by atoms with Crippen molar-refractivity contribution >= 4 is 0 Å². The van der Waals surface area contributed by atoms with Gasteiger partial charge in [0, 0.05) is 18.4 Å². The van der Waals surface area contributed by atoms with E-state index in [0.717, 1.165) is 12.8 Å². The molecular formula is C17H22N2. The Hall–Kier alpha value is -1.67. The molecule has 0 saturated heterocycles. The molecule has 0 aliphatic carbocycles. The second kappa shape index (κ2) is 6.48. The molecule has 0 fully saturated rings. The summed E-state index contributed by atoms with van der Waals surface area (Å²) in [4.78, 5) is 4.17. The van der Waals surface area contributed by atoms with Gasteiger partial charge in [-0.1, -0.05) is 24.3 Å². The average Bonchev–Trinajstić information content (AvgIpc) is 2.44. The van der Waals surface area contributed by atoms with Crippen LogP contribution in [0.15, 0.2) is 42.7 Å². The fourth-order valence-corrected chi connectivity index (χ4v) is 2.32. The summed E-state index contributed by atoms with van der Waals surface area (Å²) < 4.78 is 0. The van der Waals surface area contributed by atoms with Crippen molar-refractivity contribution in [3.8, 4) is 0 Å². The van der Waals surface area contributed by atoms with Crippen LogP contribution in [0.25, 0.3) is 0 Å². The Balaban J connectivity index is 2.05. The quantitative estimate of drug-likeness (QED) is 0.882. The zero-order valence-corrected chi connectivity index (χ0v) is 12.0. The first kappa shape index (κ1) is 13.8.